The second-order valence-electron chi connectivity index (χ2n) is 6.18. The third-order valence-electron chi connectivity index (χ3n) is 4.37. The van der Waals surface area contributed by atoms with Crippen molar-refractivity contribution in [3.05, 3.63) is 94.3 Å². The van der Waals surface area contributed by atoms with Crippen molar-refractivity contribution in [2.45, 2.75) is 0 Å². The Labute approximate surface area is 171 Å². The maximum absolute atomic E-state index is 12.4. The Morgan fingerprint density at radius 3 is 2.18 bits per heavy atom. The molecule has 0 atom stereocenters. The number of carbonyl (C=O) groups excluding carboxylic acids is 2. The zero-order valence-corrected chi connectivity index (χ0v) is 16.3. The number of fused-ring (bicyclic) bond motifs is 1. The first-order chi connectivity index (χ1) is 13.6. The van der Waals surface area contributed by atoms with E-state index in [1.54, 1.807) is 12.1 Å². The second kappa shape index (κ2) is 7.97. The first-order valence-corrected chi connectivity index (χ1v) is 9.86. The largest absolute Gasteiger partial charge is 0.453 e. The van der Waals surface area contributed by atoms with Gasteiger partial charge in [-0.3, -0.25) is 4.79 Å². The number of benzene rings is 3. The highest BCUT2D eigenvalue weighted by Gasteiger charge is 2.19. The summed E-state index contributed by atoms with van der Waals surface area (Å²) in [5.41, 5.74) is 2.59. The van der Waals surface area contributed by atoms with Crippen LogP contribution in [0.1, 0.15) is 20.0 Å². The van der Waals surface area contributed by atoms with E-state index in [2.05, 4.69) is 0 Å². The first-order valence-electron chi connectivity index (χ1n) is 8.66. The Morgan fingerprint density at radius 2 is 1.46 bits per heavy atom. The van der Waals surface area contributed by atoms with Gasteiger partial charge in [0.25, 0.3) is 0 Å². The van der Waals surface area contributed by atoms with E-state index in [4.69, 9.17) is 16.3 Å². The van der Waals surface area contributed by atoms with Gasteiger partial charge in [-0.1, -0.05) is 84.4 Å². The van der Waals surface area contributed by atoms with Crippen LogP contribution in [0.15, 0.2) is 78.9 Å². The normalized spacial score (nSPS) is 10.8. The van der Waals surface area contributed by atoms with Crippen molar-refractivity contribution < 1.29 is 14.3 Å². The lowest BCUT2D eigenvalue weighted by Crippen LogP contribution is -2.13. The lowest BCUT2D eigenvalue weighted by atomic mass is 10.0. The highest BCUT2D eigenvalue weighted by Crippen LogP contribution is 2.35. The molecule has 28 heavy (non-hydrogen) atoms. The van der Waals surface area contributed by atoms with Crippen molar-refractivity contribution in [1.82, 2.24) is 0 Å². The summed E-state index contributed by atoms with van der Waals surface area (Å²) < 4.78 is 6.11. The molecule has 0 amide bonds. The molecular weight excluding hydrogens is 392 g/mol. The van der Waals surface area contributed by atoms with Gasteiger partial charge in [0, 0.05) is 15.6 Å². The molecule has 0 fully saturated rings. The number of esters is 1. The predicted molar refractivity (Wildman–Crippen MR) is 113 cm³/mol. The molecule has 0 aliphatic carbocycles. The molecule has 138 valence electrons. The summed E-state index contributed by atoms with van der Waals surface area (Å²) in [6.45, 7) is -0.325. The molecule has 4 rings (SSSR count). The minimum atomic E-state index is -0.583. The van der Waals surface area contributed by atoms with E-state index in [9.17, 15) is 9.59 Å². The molecule has 1 aromatic heterocycles. The average Bonchev–Trinajstić information content (AvgIpc) is 3.09. The van der Waals surface area contributed by atoms with Gasteiger partial charge in [-0.25, -0.2) is 4.79 Å². The third kappa shape index (κ3) is 3.70. The van der Waals surface area contributed by atoms with Crippen LogP contribution in [0.25, 0.3) is 21.2 Å². The van der Waals surface area contributed by atoms with Crippen LogP contribution in [-0.4, -0.2) is 18.4 Å². The molecule has 0 bridgehead atoms. The van der Waals surface area contributed by atoms with Crippen molar-refractivity contribution >= 4 is 44.8 Å². The van der Waals surface area contributed by atoms with Crippen LogP contribution in [0, 0.1) is 0 Å². The standard InChI is InChI=1S/C23H15ClO3S/c24-21-18-8-4-5-9-20(18)28-22(21)23(26)27-14-19(25)17-12-10-16(11-13-17)15-6-2-1-3-7-15/h1-13H,14H2. The quantitative estimate of drug-likeness (QED) is 0.290. The molecule has 4 aromatic rings. The van der Waals surface area contributed by atoms with Crippen LogP contribution in [0.5, 0.6) is 0 Å². The lowest BCUT2D eigenvalue weighted by Gasteiger charge is -2.05. The van der Waals surface area contributed by atoms with E-state index in [1.165, 1.54) is 11.3 Å². The van der Waals surface area contributed by atoms with E-state index < -0.39 is 5.97 Å². The fourth-order valence-electron chi connectivity index (χ4n) is 2.90. The highest BCUT2D eigenvalue weighted by molar-refractivity contribution is 7.21. The van der Waals surface area contributed by atoms with E-state index in [-0.39, 0.29) is 12.4 Å². The highest BCUT2D eigenvalue weighted by atomic mass is 35.5. The topological polar surface area (TPSA) is 43.4 Å². The van der Waals surface area contributed by atoms with Gasteiger partial charge in [-0.15, -0.1) is 11.3 Å². The van der Waals surface area contributed by atoms with Crippen LogP contribution in [0.3, 0.4) is 0 Å². The number of rotatable bonds is 5. The maximum Gasteiger partial charge on any atom is 0.350 e. The molecule has 0 aliphatic rings. The molecule has 3 aromatic carbocycles. The Morgan fingerprint density at radius 1 is 0.821 bits per heavy atom. The van der Waals surface area contributed by atoms with Gasteiger partial charge in [-0.2, -0.15) is 0 Å². The zero-order chi connectivity index (χ0) is 19.5. The van der Waals surface area contributed by atoms with Gasteiger partial charge in [-0.05, 0) is 17.2 Å². The smallest absolute Gasteiger partial charge is 0.350 e. The van der Waals surface area contributed by atoms with Gasteiger partial charge in [0.2, 0.25) is 0 Å². The van der Waals surface area contributed by atoms with Crippen molar-refractivity contribution in [3.63, 3.8) is 0 Å². The number of hydrogen-bond donors (Lipinski definition) is 0. The van der Waals surface area contributed by atoms with Crippen LogP contribution in [-0.2, 0) is 4.74 Å². The third-order valence-corrected chi connectivity index (χ3v) is 6.02. The van der Waals surface area contributed by atoms with Crippen LogP contribution in [0.2, 0.25) is 5.02 Å². The molecule has 0 saturated carbocycles. The maximum atomic E-state index is 12.4. The Kier molecular flexibility index (Phi) is 5.24. The molecule has 0 radical (unpaired) electrons. The molecule has 1 heterocycles. The number of carbonyl (C=O) groups is 2. The van der Waals surface area contributed by atoms with Crippen molar-refractivity contribution in [2.24, 2.45) is 0 Å². The van der Waals surface area contributed by atoms with E-state index in [0.717, 1.165) is 21.2 Å². The van der Waals surface area contributed by atoms with Gasteiger partial charge in [0.15, 0.2) is 12.4 Å². The average molecular weight is 407 g/mol. The SMILES string of the molecule is O=C(COC(=O)c1sc2ccccc2c1Cl)c1ccc(-c2ccccc2)cc1. The van der Waals surface area contributed by atoms with E-state index in [0.29, 0.717) is 15.5 Å². The fraction of sp³-hybridized carbons (Fsp3) is 0.0435. The summed E-state index contributed by atoms with van der Waals surface area (Å²) in [6.07, 6.45) is 0. The van der Waals surface area contributed by atoms with Crippen molar-refractivity contribution in [2.75, 3.05) is 6.61 Å². The van der Waals surface area contributed by atoms with Gasteiger partial charge < -0.3 is 4.74 Å². The van der Waals surface area contributed by atoms with Gasteiger partial charge >= 0.3 is 5.97 Å². The number of ketones is 1. The van der Waals surface area contributed by atoms with Crippen molar-refractivity contribution in [1.29, 1.82) is 0 Å². The summed E-state index contributed by atoms with van der Waals surface area (Å²) in [4.78, 5) is 25.1. The molecule has 0 N–H and O–H groups in total. The molecular formula is C23H15ClO3S. The molecule has 0 spiro atoms. The summed E-state index contributed by atoms with van der Waals surface area (Å²) in [7, 11) is 0. The van der Waals surface area contributed by atoms with E-state index in [1.807, 2.05) is 66.7 Å². The predicted octanol–water partition coefficient (Wildman–Crippen LogP) is 6.26. The molecule has 5 heteroatoms. The molecule has 0 saturated heterocycles. The van der Waals surface area contributed by atoms with Crippen molar-refractivity contribution in [3.8, 4) is 11.1 Å². The minimum absolute atomic E-state index is 0.259. The minimum Gasteiger partial charge on any atom is -0.453 e. The lowest BCUT2D eigenvalue weighted by molar-refractivity contribution is 0.0480. The van der Waals surface area contributed by atoms with Crippen LogP contribution in [0.4, 0.5) is 0 Å². The summed E-state index contributed by atoms with van der Waals surface area (Å²) in [6, 6.07) is 24.6. The number of thiophene rings is 1. The van der Waals surface area contributed by atoms with E-state index >= 15 is 0 Å². The Balaban J connectivity index is 1.43. The molecule has 3 nitrogen and oxygen atoms in total. The number of Topliss-reactive ketones (excluding diaryl/α,β-unsaturated/α-hetero) is 1. The second-order valence-corrected chi connectivity index (χ2v) is 7.61. The molecule has 0 unspecified atom stereocenters. The van der Waals surface area contributed by atoms with Crippen LogP contribution < -0.4 is 0 Å². The van der Waals surface area contributed by atoms with Crippen LogP contribution >= 0.6 is 22.9 Å². The fourth-order valence-corrected chi connectivity index (χ4v) is 4.31. The summed E-state index contributed by atoms with van der Waals surface area (Å²) in [5.74, 6) is -0.842. The molecule has 0 aliphatic heterocycles. The number of halogens is 1. The number of hydrogen-bond acceptors (Lipinski definition) is 4. The van der Waals surface area contributed by atoms with Gasteiger partial charge in [0.1, 0.15) is 4.88 Å². The number of ether oxygens (including phenoxy) is 1. The Bertz CT molecular complexity index is 1150. The monoisotopic (exact) mass is 406 g/mol. The Hall–Kier alpha value is -2.95. The van der Waals surface area contributed by atoms with Gasteiger partial charge in [0.05, 0.1) is 5.02 Å². The first kappa shape index (κ1) is 18.4. The summed E-state index contributed by atoms with van der Waals surface area (Å²) in [5, 5.41) is 1.18. The zero-order valence-electron chi connectivity index (χ0n) is 14.7. The summed E-state index contributed by atoms with van der Waals surface area (Å²) >= 11 is 7.55.